The molecule has 0 radical (unpaired) electrons. The summed E-state index contributed by atoms with van der Waals surface area (Å²) < 4.78 is 15.6. The molecule has 0 aliphatic heterocycles. The summed E-state index contributed by atoms with van der Waals surface area (Å²) in [6.45, 7) is 0. The lowest BCUT2D eigenvalue weighted by atomic mass is 10.2. The van der Waals surface area contributed by atoms with E-state index in [4.69, 9.17) is 11.6 Å². The van der Waals surface area contributed by atoms with E-state index < -0.39 is 11.9 Å². The maximum absolute atomic E-state index is 14.3. The molecular formula is C17H12ClFN2O. The molecule has 3 rings (SSSR count). The molecule has 2 aromatic carbocycles. The second kappa shape index (κ2) is 6.03. The second-order valence-electron chi connectivity index (χ2n) is 4.71. The molecule has 22 heavy (non-hydrogen) atoms. The van der Waals surface area contributed by atoms with Crippen molar-refractivity contribution in [3.8, 4) is 0 Å². The first-order chi connectivity index (χ1) is 10.6. The molecule has 0 fully saturated rings. The Kier molecular flexibility index (Phi) is 3.94. The zero-order valence-corrected chi connectivity index (χ0v) is 12.2. The molecule has 0 saturated carbocycles. The van der Waals surface area contributed by atoms with E-state index in [9.17, 15) is 9.18 Å². The van der Waals surface area contributed by atoms with Crippen LogP contribution in [0.4, 0.5) is 10.1 Å². The number of hydrogen-bond acceptors (Lipinski definition) is 1. The molecule has 0 saturated heterocycles. The molecule has 0 unspecified atom stereocenters. The molecule has 1 aromatic heterocycles. The minimum absolute atomic E-state index is 0.508. The number of fused-ring (bicyclic) bond motifs is 1. The number of halogens is 2. The molecule has 1 amide bonds. The average Bonchev–Trinajstić information content (AvgIpc) is 2.91. The van der Waals surface area contributed by atoms with Crippen molar-refractivity contribution in [3.63, 3.8) is 0 Å². The van der Waals surface area contributed by atoms with Crippen LogP contribution in [-0.2, 0) is 4.79 Å². The van der Waals surface area contributed by atoms with Gasteiger partial charge in [0.05, 0.1) is 11.6 Å². The zero-order chi connectivity index (χ0) is 15.5. The lowest BCUT2D eigenvalue weighted by molar-refractivity contribution is -0.111. The van der Waals surface area contributed by atoms with Crippen LogP contribution in [0.2, 0.25) is 5.02 Å². The molecule has 1 heterocycles. The van der Waals surface area contributed by atoms with Crippen molar-refractivity contribution in [1.29, 1.82) is 0 Å². The summed E-state index contributed by atoms with van der Waals surface area (Å²) in [7, 11) is 0. The van der Waals surface area contributed by atoms with Crippen LogP contribution < -0.4 is 5.32 Å². The number of aromatic nitrogens is 1. The lowest BCUT2D eigenvalue weighted by Gasteiger charge is -2.04. The predicted molar refractivity (Wildman–Crippen MR) is 87.4 cm³/mol. The van der Waals surface area contributed by atoms with Gasteiger partial charge in [-0.3, -0.25) is 9.36 Å². The van der Waals surface area contributed by atoms with Gasteiger partial charge in [0.1, 0.15) is 0 Å². The van der Waals surface area contributed by atoms with Crippen LogP contribution in [0, 0.1) is 0 Å². The summed E-state index contributed by atoms with van der Waals surface area (Å²) in [4.78, 5) is 11.9. The number of para-hydroxylation sites is 1. The third-order valence-corrected chi connectivity index (χ3v) is 3.41. The van der Waals surface area contributed by atoms with Crippen molar-refractivity contribution in [1.82, 2.24) is 4.57 Å². The minimum atomic E-state index is -0.675. The van der Waals surface area contributed by atoms with Gasteiger partial charge in [-0.2, -0.15) is 4.39 Å². The Hall–Kier alpha value is -2.59. The fourth-order valence-electron chi connectivity index (χ4n) is 2.17. The first kappa shape index (κ1) is 14.4. The summed E-state index contributed by atoms with van der Waals surface area (Å²) in [5.74, 6) is -1.21. The first-order valence-corrected chi connectivity index (χ1v) is 7.01. The second-order valence-corrected chi connectivity index (χ2v) is 5.15. The fourth-order valence-corrected chi connectivity index (χ4v) is 2.33. The van der Waals surface area contributed by atoms with E-state index in [2.05, 4.69) is 5.32 Å². The Morgan fingerprint density at radius 2 is 1.91 bits per heavy atom. The van der Waals surface area contributed by atoms with E-state index in [1.807, 2.05) is 6.07 Å². The molecule has 3 nitrogen and oxygen atoms in total. The number of benzene rings is 2. The number of carbonyl (C=O) groups is 1. The van der Waals surface area contributed by atoms with Crippen molar-refractivity contribution in [2.24, 2.45) is 0 Å². The molecule has 0 aliphatic rings. The highest BCUT2D eigenvalue weighted by Crippen LogP contribution is 2.23. The Morgan fingerprint density at radius 1 is 1.14 bits per heavy atom. The van der Waals surface area contributed by atoms with E-state index in [0.29, 0.717) is 16.2 Å². The maximum Gasteiger partial charge on any atom is 0.252 e. The van der Waals surface area contributed by atoms with Crippen molar-refractivity contribution in [3.05, 3.63) is 71.9 Å². The van der Waals surface area contributed by atoms with E-state index in [1.165, 1.54) is 4.57 Å². The smallest absolute Gasteiger partial charge is 0.252 e. The topological polar surface area (TPSA) is 34.0 Å². The number of nitrogens with one attached hydrogen (secondary N) is 1. The van der Waals surface area contributed by atoms with Gasteiger partial charge in [-0.25, -0.2) is 0 Å². The van der Waals surface area contributed by atoms with Crippen LogP contribution in [0.5, 0.6) is 0 Å². The average molecular weight is 315 g/mol. The predicted octanol–water partition coefficient (Wildman–Crippen LogP) is 4.70. The van der Waals surface area contributed by atoms with Crippen LogP contribution >= 0.6 is 11.6 Å². The van der Waals surface area contributed by atoms with E-state index in [1.54, 1.807) is 54.7 Å². The Bertz CT molecular complexity index is 855. The molecule has 1 N–H and O–H groups in total. The van der Waals surface area contributed by atoms with Crippen molar-refractivity contribution in [2.75, 3.05) is 5.32 Å². The third-order valence-electron chi connectivity index (χ3n) is 3.18. The minimum Gasteiger partial charge on any atom is -0.322 e. The maximum atomic E-state index is 14.3. The molecule has 0 atom stereocenters. The van der Waals surface area contributed by atoms with Crippen molar-refractivity contribution in [2.45, 2.75) is 0 Å². The summed E-state index contributed by atoms with van der Waals surface area (Å²) in [5, 5.41) is 3.95. The van der Waals surface area contributed by atoms with Gasteiger partial charge in [-0.1, -0.05) is 35.9 Å². The van der Waals surface area contributed by atoms with Crippen molar-refractivity contribution < 1.29 is 9.18 Å². The highest BCUT2D eigenvalue weighted by molar-refractivity contribution is 6.31. The monoisotopic (exact) mass is 314 g/mol. The van der Waals surface area contributed by atoms with Gasteiger partial charge in [0, 0.05) is 22.3 Å². The van der Waals surface area contributed by atoms with Crippen LogP contribution in [0.3, 0.4) is 0 Å². The first-order valence-electron chi connectivity index (χ1n) is 6.64. The van der Waals surface area contributed by atoms with Gasteiger partial charge in [-0.05, 0) is 30.3 Å². The van der Waals surface area contributed by atoms with E-state index in [0.717, 1.165) is 11.5 Å². The Balaban J connectivity index is 1.87. The molecule has 3 aromatic rings. The highest BCUT2D eigenvalue weighted by atomic mass is 35.5. The number of rotatable bonds is 3. The standard InChI is InChI=1S/C17H12ClFN2O/c18-13-7-6-12-8-9-21(15(12)10-13)16(19)11-17(22)20-14-4-2-1-3-5-14/h1-11H,(H,20,22)/b16-11+. The summed E-state index contributed by atoms with van der Waals surface area (Å²) in [6, 6.07) is 15.8. The number of amides is 1. The zero-order valence-electron chi connectivity index (χ0n) is 11.5. The summed E-state index contributed by atoms with van der Waals surface area (Å²) in [5.41, 5.74) is 1.21. The third kappa shape index (κ3) is 3.02. The number of nitrogens with zero attached hydrogens (tertiary/aromatic N) is 1. The number of carbonyl (C=O) groups excluding carboxylic acids is 1. The van der Waals surface area contributed by atoms with Gasteiger partial charge in [0.15, 0.2) is 0 Å². The molecule has 0 aliphatic carbocycles. The van der Waals surface area contributed by atoms with Crippen molar-refractivity contribution >= 4 is 40.0 Å². The molecule has 0 bridgehead atoms. The van der Waals surface area contributed by atoms with Crippen LogP contribution in [0.25, 0.3) is 16.9 Å². The molecule has 5 heteroatoms. The molecule has 110 valence electrons. The quantitative estimate of drug-likeness (QED) is 0.698. The van der Waals surface area contributed by atoms with E-state index in [-0.39, 0.29) is 0 Å². The number of hydrogen-bond donors (Lipinski definition) is 1. The normalized spacial score (nSPS) is 11.6. The van der Waals surface area contributed by atoms with Gasteiger partial charge < -0.3 is 5.32 Å². The van der Waals surface area contributed by atoms with E-state index >= 15 is 0 Å². The summed E-state index contributed by atoms with van der Waals surface area (Å²) >= 11 is 5.93. The van der Waals surface area contributed by atoms with Crippen LogP contribution in [0.1, 0.15) is 0 Å². The molecular weight excluding hydrogens is 303 g/mol. The van der Waals surface area contributed by atoms with Gasteiger partial charge in [0.2, 0.25) is 5.95 Å². The Labute approximate surface area is 131 Å². The highest BCUT2D eigenvalue weighted by Gasteiger charge is 2.08. The Morgan fingerprint density at radius 3 is 2.68 bits per heavy atom. The van der Waals surface area contributed by atoms with Crippen LogP contribution in [0.15, 0.2) is 66.9 Å². The SMILES string of the molecule is O=C(/C=C(\F)n1ccc2ccc(Cl)cc21)Nc1ccccc1. The van der Waals surface area contributed by atoms with Gasteiger partial charge in [0.25, 0.3) is 5.91 Å². The fraction of sp³-hybridized carbons (Fsp3) is 0. The van der Waals surface area contributed by atoms with Gasteiger partial charge >= 0.3 is 0 Å². The largest absolute Gasteiger partial charge is 0.322 e. The molecule has 0 spiro atoms. The number of anilines is 1. The summed E-state index contributed by atoms with van der Waals surface area (Å²) in [6.07, 6.45) is 2.47. The van der Waals surface area contributed by atoms with Crippen LogP contribution in [-0.4, -0.2) is 10.5 Å². The lowest BCUT2D eigenvalue weighted by Crippen LogP contribution is -2.09. The van der Waals surface area contributed by atoms with Gasteiger partial charge in [-0.15, -0.1) is 0 Å².